The Morgan fingerprint density at radius 2 is 2.00 bits per heavy atom. The van der Waals surface area contributed by atoms with Crippen LogP contribution in [0.15, 0.2) is 18.5 Å². The number of pyridine rings is 1. The van der Waals surface area contributed by atoms with Crippen LogP contribution >= 0.6 is 23.2 Å². The molecule has 3 aromatic heterocycles. The zero-order valence-corrected chi connectivity index (χ0v) is 12.0. The van der Waals surface area contributed by atoms with Crippen LogP contribution in [0, 0.1) is 6.92 Å². The predicted octanol–water partition coefficient (Wildman–Crippen LogP) is 2.47. The lowest BCUT2D eigenvalue weighted by Gasteiger charge is -2.07. The maximum absolute atomic E-state index is 5.85. The normalized spacial score (nSPS) is 11.2. The molecule has 3 rings (SSSR count). The molecule has 0 atom stereocenters. The summed E-state index contributed by atoms with van der Waals surface area (Å²) in [6, 6.07) is 3.67. The Kier molecular flexibility index (Phi) is 3.19. The lowest BCUT2D eigenvalue weighted by Crippen LogP contribution is -2.03. The molecule has 3 heterocycles. The van der Waals surface area contributed by atoms with E-state index >= 15 is 0 Å². The van der Waals surface area contributed by atoms with Gasteiger partial charge in [-0.25, -0.2) is 9.97 Å². The van der Waals surface area contributed by atoms with E-state index in [0.717, 1.165) is 11.3 Å². The summed E-state index contributed by atoms with van der Waals surface area (Å²) in [5.74, 6) is 0.268. The van der Waals surface area contributed by atoms with Crippen LogP contribution in [0.3, 0.4) is 0 Å². The van der Waals surface area contributed by atoms with E-state index in [0.29, 0.717) is 22.9 Å². The van der Waals surface area contributed by atoms with E-state index in [1.807, 2.05) is 17.6 Å². The smallest absolute Gasteiger partial charge is 0.226 e. The summed E-state index contributed by atoms with van der Waals surface area (Å²) in [6.45, 7) is 2.45. The number of nitrogens with two attached hydrogens (primary N) is 1. The van der Waals surface area contributed by atoms with Gasteiger partial charge in [-0.3, -0.25) is 0 Å². The number of hydrogen-bond donors (Lipinski definition) is 1. The molecule has 0 spiro atoms. The van der Waals surface area contributed by atoms with Gasteiger partial charge >= 0.3 is 0 Å². The summed E-state index contributed by atoms with van der Waals surface area (Å²) in [7, 11) is 0. The number of halogens is 2. The molecule has 102 valence electrons. The second kappa shape index (κ2) is 4.88. The molecule has 0 amide bonds. The molecule has 0 aliphatic rings. The SMILES string of the molecule is Cc1nc(Cl)ccc1Cn1cnc2c(N)nc(Cl)nc21. The molecule has 0 aliphatic heterocycles. The second-order valence-corrected chi connectivity index (χ2v) is 5.03. The quantitative estimate of drug-likeness (QED) is 0.581. The molecule has 0 saturated heterocycles. The monoisotopic (exact) mass is 308 g/mol. The minimum Gasteiger partial charge on any atom is -0.382 e. The number of aromatic nitrogens is 5. The van der Waals surface area contributed by atoms with E-state index in [-0.39, 0.29) is 11.1 Å². The maximum atomic E-state index is 5.85. The highest BCUT2D eigenvalue weighted by atomic mass is 35.5. The van der Waals surface area contributed by atoms with Gasteiger partial charge in [0.15, 0.2) is 11.5 Å². The van der Waals surface area contributed by atoms with Gasteiger partial charge in [-0.2, -0.15) is 9.97 Å². The molecule has 0 radical (unpaired) electrons. The first-order chi connectivity index (χ1) is 9.54. The Morgan fingerprint density at radius 1 is 1.20 bits per heavy atom. The van der Waals surface area contributed by atoms with Crippen molar-refractivity contribution in [1.82, 2.24) is 24.5 Å². The first-order valence-electron chi connectivity index (χ1n) is 5.80. The van der Waals surface area contributed by atoms with Crippen LogP contribution in [0.4, 0.5) is 5.82 Å². The third-order valence-corrected chi connectivity index (χ3v) is 3.35. The minimum atomic E-state index is 0.0997. The van der Waals surface area contributed by atoms with Gasteiger partial charge in [-0.1, -0.05) is 17.7 Å². The summed E-state index contributed by atoms with van der Waals surface area (Å²) in [4.78, 5) is 16.5. The fraction of sp³-hybridized carbons (Fsp3) is 0.167. The van der Waals surface area contributed by atoms with Gasteiger partial charge in [0.05, 0.1) is 12.9 Å². The number of imidazole rings is 1. The van der Waals surface area contributed by atoms with Crippen LogP contribution in [-0.4, -0.2) is 24.5 Å². The van der Waals surface area contributed by atoms with Crippen LogP contribution < -0.4 is 5.73 Å². The van der Waals surface area contributed by atoms with Crippen molar-refractivity contribution in [2.75, 3.05) is 5.73 Å². The molecule has 0 fully saturated rings. The number of aryl methyl sites for hydroxylation is 1. The molecule has 8 heteroatoms. The van der Waals surface area contributed by atoms with Crippen LogP contribution in [0.1, 0.15) is 11.3 Å². The van der Waals surface area contributed by atoms with E-state index in [1.165, 1.54) is 0 Å². The molecular formula is C12H10Cl2N6. The second-order valence-electron chi connectivity index (χ2n) is 4.30. The number of nitrogens with zero attached hydrogens (tertiary/aromatic N) is 5. The number of rotatable bonds is 2. The molecular weight excluding hydrogens is 299 g/mol. The van der Waals surface area contributed by atoms with Gasteiger partial charge in [0.25, 0.3) is 0 Å². The van der Waals surface area contributed by atoms with E-state index < -0.39 is 0 Å². The lowest BCUT2D eigenvalue weighted by atomic mass is 10.2. The van der Waals surface area contributed by atoms with Crippen LogP contribution in [0.25, 0.3) is 11.2 Å². The van der Waals surface area contributed by atoms with Crippen molar-refractivity contribution >= 4 is 40.2 Å². The molecule has 3 aromatic rings. The fourth-order valence-corrected chi connectivity index (χ4v) is 2.32. The Morgan fingerprint density at radius 3 is 2.75 bits per heavy atom. The van der Waals surface area contributed by atoms with Gasteiger partial charge in [0.1, 0.15) is 10.7 Å². The third kappa shape index (κ3) is 2.28. The number of hydrogen-bond acceptors (Lipinski definition) is 5. The minimum absolute atomic E-state index is 0.0997. The van der Waals surface area contributed by atoms with Gasteiger partial charge in [0.2, 0.25) is 5.28 Å². The van der Waals surface area contributed by atoms with Crippen molar-refractivity contribution < 1.29 is 0 Å². The van der Waals surface area contributed by atoms with Crippen molar-refractivity contribution in [2.45, 2.75) is 13.5 Å². The summed E-state index contributed by atoms with van der Waals surface area (Å²) in [5, 5.41) is 0.569. The number of fused-ring (bicyclic) bond motifs is 1. The summed E-state index contributed by atoms with van der Waals surface area (Å²) in [5.41, 5.74) is 8.77. The van der Waals surface area contributed by atoms with Crippen molar-refractivity contribution in [3.05, 3.63) is 40.2 Å². The Labute approximate surface area is 124 Å². The summed E-state index contributed by atoms with van der Waals surface area (Å²) >= 11 is 11.7. The van der Waals surface area contributed by atoms with E-state index in [2.05, 4.69) is 19.9 Å². The zero-order valence-electron chi connectivity index (χ0n) is 10.5. The Bertz CT molecular complexity index is 798. The molecule has 0 aliphatic carbocycles. The highest BCUT2D eigenvalue weighted by molar-refractivity contribution is 6.29. The van der Waals surface area contributed by atoms with Gasteiger partial charge in [0, 0.05) is 5.69 Å². The summed E-state index contributed by atoms with van der Waals surface area (Å²) in [6.07, 6.45) is 1.65. The van der Waals surface area contributed by atoms with Crippen molar-refractivity contribution in [3.8, 4) is 0 Å². The highest BCUT2D eigenvalue weighted by Gasteiger charge is 2.11. The van der Waals surface area contributed by atoms with Crippen LogP contribution in [-0.2, 0) is 6.54 Å². The van der Waals surface area contributed by atoms with E-state index in [9.17, 15) is 0 Å². The molecule has 6 nitrogen and oxygen atoms in total. The van der Waals surface area contributed by atoms with Crippen molar-refractivity contribution in [2.24, 2.45) is 0 Å². The van der Waals surface area contributed by atoms with Crippen LogP contribution in [0.5, 0.6) is 0 Å². The standard InChI is InChI=1S/C12H10Cl2N6/c1-6-7(2-3-8(13)17-6)4-20-5-16-9-10(15)18-12(14)19-11(9)20/h2-3,5H,4H2,1H3,(H2,15,18,19). The van der Waals surface area contributed by atoms with Gasteiger partial charge < -0.3 is 10.3 Å². The topological polar surface area (TPSA) is 82.5 Å². The van der Waals surface area contributed by atoms with Gasteiger partial charge in [-0.05, 0) is 30.2 Å². The van der Waals surface area contributed by atoms with Crippen LogP contribution in [0.2, 0.25) is 10.4 Å². The average molecular weight is 309 g/mol. The Hall–Kier alpha value is -1.92. The predicted molar refractivity (Wildman–Crippen MR) is 77.8 cm³/mol. The number of nitrogen functional groups attached to an aromatic ring is 1. The molecule has 0 bridgehead atoms. The Balaban J connectivity index is 2.07. The fourth-order valence-electron chi connectivity index (χ4n) is 1.96. The van der Waals surface area contributed by atoms with Crippen molar-refractivity contribution in [3.63, 3.8) is 0 Å². The summed E-state index contributed by atoms with van der Waals surface area (Å²) < 4.78 is 1.84. The highest BCUT2D eigenvalue weighted by Crippen LogP contribution is 2.20. The largest absolute Gasteiger partial charge is 0.382 e. The first-order valence-corrected chi connectivity index (χ1v) is 6.56. The maximum Gasteiger partial charge on any atom is 0.226 e. The average Bonchev–Trinajstić information content (AvgIpc) is 2.76. The number of anilines is 1. The van der Waals surface area contributed by atoms with E-state index in [1.54, 1.807) is 12.4 Å². The van der Waals surface area contributed by atoms with E-state index in [4.69, 9.17) is 28.9 Å². The third-order valence-electron chi connectivity index (χ3n) is 2.97. The molecule has 2 N–H and O–H groups in total. The zero-order chi connectivity index (χ0) is 14.3. The lowest BCUT2D eigenvalue weighted by molar-refractivity contribution is 0.801. The molecule has 20 heavy (non-hydrogen) atoms. The molecule has 0 saturated carbocycles. The molecule has 0 aromatic carbocycles. The van der Waals surface area contributed by atoms with Crippen molar-refractivity contribution in [1.29, 1.82) is 0 Å². The molecule has 0 unspecified atom stereocenters. The van der Waals surface area contributed by atoms with Gasteiger partial charge in [-0.15, -0.1) is 0 Å². The first kappa shape index (κ1) is 13.1.